The number of carbonyl (C=O) groups excluding carboxylic acids is 1. The third-order valence-electron chi connectivity index (χ3n) is 4.04. The van der Waals surface area contributed by atoms with Crippen LogP contribution in [0.15, 0.2) is 75.0 Å². The Labute approximate surface area is 174 Å². The molecule has 0 saturated carbocycles. The van der Waals surface area contributed by atoms with Crippen LogP contribution in [0.4, 0.5) is 10.5 Å². The van der Waals surface area contributed by atoms with Crippen molar-refractivity contribution in [2.45, 2.75) is 0 Å². The van der Waals surface area contributed by atoms with Crippen LogP contribution in [0.3, 0.4) is 0 Å². The number of hydrogen-bond donors (Lipinski definition) is 2. The van der Waals surface area contributed by atoms with Crippen LogP contribution in [0.2, 0.25) is 5.02 Å². The second kappa shape index (κ2) is 7.98. The lowest BCUT2D eigenvalue weighted by molar-refractivity contribution is 0.0697. The van der Waals surface area contributed by atoms with Crippen LogP contribution in [-0.2, 0) is 0 Å². The molecule has 4 rings (SSSR count). The number of amidine groups is 1. The van der Waals surface area contributed by atoms with Crippen molar-refractivity contribution >= 4 is 52.2 Å². The maximum atomic E-state index is 11.8. The standard InChI is InChI=1S/C21H13ClN2O4S/c22-14-5-7-15(8-6-14)23-19-18(29-21(27)24-19)11-16-9-10-17(28-16)12-1-3-13(4-2-12)20(25)26/h1-11H,(H,25,26)(H,23,24,27)/b18-11-. The van der Waals surface area contributed by atoms with E-state index in [1.54, 1.807) is 54.6 Å². The van der Waals surface area contributed by atoms with Crippen molar-refractivity contribution in [2.75, 3.05) is 0 Å². The summed E-state index contributed by atoms with van der Waals surface area (Å²) in [5.74, 6) is 0.591. The highest BCUT2D eigenvalue weighted by Crippen LogP contribution is 2.30. The molecule has 1 saturated heterocycles. The Kier molecular flexibility index (Phi) is 5.24. The minimum Gasteiger partial charge on any atom is -0.478 e. The summed E-state index contributed by atoms with van der Waals surface area (Å²) >= 11 is 6.92. The molecule has 0 bridgehead atoms. The van der Waals surface area contributed by atoms with E-state index >= 15 is 0 Å². The molecule has 29 heavy (non-hydrogen) atoms. The van der Waals surface area contributed by atoms with E-state index in [1.807, 2.05) is 0 Å². The van der Waals surface area contributed by atoms with Crippen molar-refractivity contribution in [1.82, 2.24) is 5.32 Å². The number of aromatic carboxylic acids is 1. The Balaban J connectivity index is 1.60. The van der Waals surface area contributed by atoms with Crippen LogP contribution in [0.1, 0.15) is 16.1 Å². The van der Waals surface area contributed by atoms with Crippen molar-refractivity contribution in [3.63, 3.8) is 0 Å². The van der Waals surface area contributed by atoms with Gasteiger partial charge in [-0.05, 0) is 66.4 Å². The monoisotopic (exact) mass is 424 g/mol. The first-order valence-corrected chi connectivity index (χ1v) is 9.66. The minimum atomic E-state index is -0.982. The molecule has 6 nitrogen and oxygen atoms in total. The minimum absolute atomic E-state index is 0.206. The van der Waals surface area contributed by atoms with Crippen LogP contribution in [-0.4, -0.2) is 22.2 Å². The number of furan rings is 1. The van der Waals surface area contributed by atoms with E-state index in [2.05, 4.69) is 10.3 Å². The summed E-state index contributed by atoms with van der Waals surface area (Å²) in [6, 6.07) is 16.9. The molecule has 0 radical (unpaired) electrons. The number of rotatable bonds is 4. The zero-order chi connectivity index (χ0) is 20.4. The van der Waals surface area contributed by atoms with Gasteiger partial charge in [0.05, 0.1) is 16.2 Å². The summed E-state index contributed by atoms with van der Waals surface area (Å²) in [6.07, 6.45) is 1.73. The van der Waals surface area contributed by atoms with Crippen LogP contribution < -0.4 is 5.32 Å². The number of benzene rings is 2. The number of carbonyl (C=O) groups is 2. The first kappa shape index (κ1) is 19.0. The van der Waals surface area contributed by atoms with Gasteiger partial charge in [-0.15, -0.1) is 0 Å². The second-order valence-electron chi connectivity index (χ2n) is 6.04. The molecule has 2 N–H and O–H groups in total. The number of aliphatic imine (C=N–C) groups is 1. The summed E-state index contributed by atoms with van der Waals surface area (Å²) in [6.45, 7) is 0. The van der Waals surface area contributed by atoms with Crippen molar-refractivity contribution in [2.24, 2.45) is 4.99 Å². The highest BCUT2D eigenvalue weighted by molar-refractivity contribution is 8.18. The maximum absolute atomic E-state index is 11.8. The molecule has 1 aromatic heterocycles. The topological polar surface area (TPSA) is 91.9 Å². The molecule has 2 heterocycles. The Morgan fingerprint density at radius 2 is 1.79 bits per heavy atom. The van der Waals surface area contributed by atoms with Crippen molar-refractivity contribution in [1.29, 1.82) is 0 Å². The van der Waals surface area contributed by atoms with Gasteiger partial charge in [-0.2, -0.15) is 0 Å². The van der Waals surface area contributed by atoms with Crippen LogP contribution in [0.25, 0.3) is 17.4 Å². The Bertz CT molecular complexity index is 1150. The number of amides is 1. The van der Waals surface area contributed by atoms with Crippen LogP contribution in [0.5, 0.6) is 0 Å². The summed E-state index contributed by atoms with van der Waals surface area (Å²) in [5, 5.41) is 12.1. The summed E-state index contributed by atoms with van der Waals surface area (Å²) in [7, 11) is 0. The molecule has 0 atom stereocenters. The van der Waals surface area contributed by atoms with E-state index in [0.29, 0.717) is 33.0 Å². The highest BCUT2D eigenvalue weighted by atomic mass is 35.5. The van der Waals surface area contributed by atoms with Gasteiger partial charge in [-0.3, -0.25) is 4.79 Å². The molecule has 1 fully saturated rings. The van der Waals surface area contributed by atoms with Gasteiger partial charge in [0.2, 0.25) is 0 Å². The second-order valence-corrected chi connectivity index (χ2v) is 7.50. The van der Waals surface area contributed by atoms with E-state index in [-0.39, 0.29) is 10.8 Å². The van der Waals surface area contributed by atoms with E-state index < -0.39 is 5.97 Å². The first-order chi connectivity index (χ1) is 14.0. The molecule has 144 valence electrons. The van der Waals surface area contributed by atoms with Gasteiger partial charge in [0.15, 0.2) is 0 Å². The Morgan fingerprint density at radius 3 is 2.48 bits per heavy atom. The Hall–Kier alpha value is -3.29. The normalized spacial score (nSPS) is 16.4. The largest absolute Gasteiger partial charge is 0.478 e. The average Bonchev–Trinajstić information content (AvgIpc) is 3.30. The molecule has 0 aliphatic carbocycles. The third-order valence-corrected chi connectivity index (χ3v) is 5.11. The molecule has 3 aromatic rings. The number of carboxylic acid groups (broad SMARTS) is 1. The molecule has 1 aliphatic rings. The lowest BCUT2D eigenvalue weighted by Gasteiger charge is -2.00. The summed E-state index contributed by atoms with van der Waals surface area (Å²) in [4.78, 5) is 27.9. The Morgan fingerprint density at radius 1 is 1.07 bits per heavy atom. The predicted octanol–water partition coefficient (Wildman–Crippen LogP) is 5.83. The van der Waals surface area contributed by atoms with E-state index in [9.17, 15) is 9.59 Å². The summed E-state index contributed by atoms with van der Waals surface area (Å²) < 4.78 is 5.83. The molecule has 2 aromatic carbocycles. The highest BCUT2D eigenvalue weighted by Gasteiger charge is 2.24. The fourth-order valence-corrected chi connectivity index (χ4v) is 3.49. The van der Waals surface area contributed by atoms with Crippen molar-refractivity contribution in [3.8, 4) is 11.3 Å². The zero-order valence-corrected chi connectivity index (χ0v) is 16.3. The van der Waals surface area contributed by atoms with Gasteiger partial charge >= 0.3 is 5.97 Å². The number of carboxylic acids is 1. The number of hydrogen-bond acceptors (Lipinski definition) is 5. The van der Waals surface area contributed by atoms with Gasteiger partial charge in [0, 0.05) is 10.6 Å². The van der Waals surface area contributed by atoms with Gasteiger partial charge in [-0.1, -0.05) is 23.7 Å². The van der Waals surface area contributed by atoms with Gasteiger partial charge in [0.1, 0.15) is 17.4 Å². The maximum Gasteiger partial charge on any atom is 0.335 e. The molecule has 1 aliphatic heterocycles. The molecule has 0 spiro atoms. The lowest BCUT2D eigenvalue weighted by Crippen LogP contribution is -2.18. The molecule has 8 heteroatoms. The summed E-state index contributed by atoms with van der Waals surface area (Å²) in [5.41, 5.74) is 1.62. The first-order valence-electron chi connectivity index (χ1n) is 8.47. The smallest absolute Gasteiger partial charge is 0.335 e. The van der Waals surface area contributed by atoms with E-state index in [4.69, 9.17) is 21.1 Å². The fourth-order valence-electron chi connectivity index (χ4n) is 2.65. The zero-order valence-electron chi connectivity index (χ0n) is 14.8. The quantitative estimate of drug-likeness (QED) is 0.550. The molecule has 1 amide bonds. The molecular weight excluding hydrogens is 412 g/mol. The van der Waals surface area contributed by atoms with Gasteiger partial charge < -0.3 is 14.8 Å². The molecular formula is C21H13ClN2O4S. The van der Waals surface area contributed by atoms with Crippen LogP contribution >= 0.6 is 23.4 Å². The fraction of sp³-hybridized carbons (Fsp3) is 0. The lowest BCUT2D eigenvalue weighted by atomic mass is 10.1. The third kappa shape index (κ3) is 4.42. The number of halogens is 1. The van der Waals surface area contributed by atoms with Gasteiger partial charge in [0.25, 0.3) is 5.24 Å². The van der Waals surface area contributed by atoms with Crippen molar-refractivity contribution < 1.29 is 19.1 Å². The SMILES string of the molecule is O=C1NC(=Nc2ccc(Cl)cc2)/C(=C/c2ccc(-c3ccc(C(=O)O)cc3)o2)S1. The van der Waals surface area contributed by atoms with Crippen LogP contribution in [0, 0.1) is 0 Å². The average molecular weight is 425 g/mol. The number of thioether (sulfide) groups is 1. The van der Waals surface area contributed by atoms with E-state index in [0.717, 1.165) is 17.3 Å². The number of nitrogens with zero attached hydrogens (tertiary/aromatic N) is 1. The van der Waals surface area contributed by atoms with E-state index in [1.165, 1.54) is 12.1 Å². The van der Waals surface area contributed by atoms with Crippen molar-refractivity contribution in [3.05, 3.63) is 81.9 Å². The molecule has 0 unspecified atom stereocenters. The predicted molar refractivity (Wildman–Crippen MR) is 114 cm³/mol. The number of nitrogens with one attached hydrogen (secondary N) is 1. The van der Waals surface area contributed by atoms with Gasteiger partial charge in [-0.25, -0.2) is 9.79 Å².